The fourth-order valence-corrected chi connectivity index (χ4v) is 1.44. The third kappa shape index (κ3) is 7.92. The van der Waals surface area contributed by atoms with E-state index in [1.54, 1.807) is 0 Å². The van der Waals surface area contributed by atoms with Gasteiger partial charge in [0.1, 0.15) is 0 Å². The van der Waals surface area contributed by atoms with Crippen LogP contribution in [0.15, 0.2) is 0 Å². The summed E-state index contributed by atoms with van der Waals surface area (Å²) < 4.78 is 0. The number of thioether (sulfide) groups is 1. The van der Waals surface area contributed by atoms with Crippen LogP contribution < -0.4 is 0 Å². The molecule has 0 atom stereocenters. The molecule has 0 spiro atoms. The highest BCUT2D eigenvalue weighted by Crippen LogP contribution is 2.10. The second-order valence-corrected chi connectivity index (χ2v) is 3.68. The van der Waals surface area contributed by atoms with Crippen molar-refractivity contribution in [2.75, 3.05) is 5.75 Å². The van der Waals surface area contributed by atoms with E-state index in [1.807, 2.05) is 0 Å². The lowest BCUT2D eigenvalue weighted by Crippen LogP contribution is -1.92. The number of rotatable bonds is 6. The molecule has 0 saturated carbocycles. The van der Waals surface area contributed by atoms with E-state index in [1.165, 1.54) is 24.6 Å². The molecule has 1 radical (unpaired) electrons. The number of unbranched alkanes of at least 4 members (excludes halogenated alkanes) is 2. The van der Waals surface area contributed by atoms with E-state index in [-0.39, 0.29) is 0 Å². The maximum absolute atomic E-state index is 11.0. The predicted octanol–water partition coefficient (Wildman–Crippen LogP) is 3.05. The lowest BCUT2D eigenvalue weighted by Gasteiger charge is -1.97. The zero-order valence-corrected chi connectivity index (χ0v) is 8.08. The van der Waals surface area contributed by atoms with Crippen molar-refractivity contribution in [1.29, 1.82) is 0 Å². The number of carbonyl (C=O) groups excluding carboxylic acids is 1. The van der Waals surface area contributed by atoms with Crippen LogP contribution in [0.25, 0.3) is 0 Å². The highest BCUT2D eigenvalue weighted by atomic mass is 32.2. The van der Waals surface area contributed by atoms with Crippen molar-refractivity contribution in [2.45, 2.75) is 39.0 Å². The van der Waals surface area contributed by atoms with E-state index in [4.69, 9.17) is 0 Å². The Balaban J connectivity index is 3.09. The third-order valence-corrected chi connectivity index (χ3v) is 2.41. The molecule has 65 valence electrons. The van der Waals surface area contributed by atoms with Gasteiger partial charge in [-0.15, -0.1) is 0 Å². The van der Waals surface area contributed by atoms with Crippen molar-refractivity contribution in [3.8, 4) is 0 Å². The first-order valence-corrected chi connectivity index (χ1v) is 5.24. The first-order chi connectivity index (χ1) is 5.31. The summed E-state index contributed by atoms with van der Waals surface area (Å²) in [5.41, 5.74) is 0. The molecular weight excluding hydrogens is 156 g/mol. The molecule has 0 aliphatic carbocycles. The van der Waals surface area contributed by atoms with Gasteiger partial charge in [0, 0.05) is 12.2 Å². The second kappa shape index (κ2) is 8.12. The van der Waals surface area contributed by atoms with Crippen LogP contribution in [0.4, 0.5) is 0 Å². The first kappa shape index (κ1) is 11.0. The van der Waals surface area contributed by atoms with E-state index in [9.17, 15) is 4.79 Å². The molecule has 0 saturated heterocycles. The molecule has 0 bridgehead atoms. The van der Waals surface area contributed by atoms with E-state index >= 15 is 0 Å². The van der Waals surface area contributed by atoms with Crippen LogP contribution in [0, 0.1) is 6.92 Å². The molecule has 0 amide bonds. The zero-order chi connectivity index (χ0) is 8.53. The summed E-state index contributed by atoms with van der Waals surface area (Å²) in [4.78, 5) is 11.0. The smallest absolute Gasteiger partial charge is 0.188 e. The SMILES string of the molecule is [CH2]CCSC(=O)CCCCC. The third-order valence-electron chi connectivity index (χ3n) is 1.39. The second-order valence-electron chi connectivity index (χ2n) is 2.53. The number of hydrogen-bond acceptors (Lipinski definition) is 2. The Labute approximate surface area is 73.9 Å². The minimum Gasteiger partial charge on any atom is -0.287 e. The highest BCUT2D eigenvalue weighted by molar-refractivity contribution is 8.13. The number of hydrogen-bond donors (Lipinski definition) is 0. The first-order valence-electron chi connectivity index (χ1n) is 4.26. The van der Waals surface area contributed by atoms with Crippen molar-refractivity contribution >= 4 is 16.9 Å². The van der Waals surface area contributed by atoms with Gasteiger partial charge in [0.25, 0.3) is 0 Å². The Bertz CT molecular complexity index is 102. The Morgan fingerprint density at radius 2 is 2.18 bits per heavy atom. The highest BCUT2D eigenvalue weighted by Gasteiger charge is 1.99. The van der Waals surface area contributed by atoms with Gasteiger partial charge in [-0.3, -0.25) is 4.79 Å². The van der Waals surface area contributed by atoms with Gasteiger partial charge in [0.05, 0.1) is 0 Å². The summed E-state index contributed by atoms with van der Waals surface area (Å²) >= 11 is 1.43. The Kier molecular flexibility index (Phi) is 8.13. The van der Waals surface area contributed by atoms with Gasteiger partial charge in [-0.05, 0) is 12.8 Å². The van der Waals surface area contributed by atoms with Crippen LogP contribution in [0.3, 0.4) is 0 Å². The molecule has 0 rings (SSSR count). The van der Waals surface area contributed by atoms with Crippen LogP contribution in [0.5, 0.6) is 0 Å². The summed E-state index contributed by atoms with van der Waals surface area (Å²) in [5.74, 6) is 0.880. The van der Waals surface area contributed by atoms with Crippen LogP contribution in [0.1, 0.15) is 39.0 Å². The Morgan fingerprint density at radius 1 is 1.45 bits per heavy atom. The van der Waals surface area contributed by atoms with E-state index < -0.39 is 0 Å². The Morgan fingerprint density at radius 3 is 2.73 bits per heavy atom. The molecule has 0 heterocycles. The standard InChI is InChI=1S/C9H17OS/c1-3-5-6-7-9(10)11-8-4-2/h2-8H2,1H3. The lowest BCUT2D eigenvalue weighted by atomic mass is 10.2. The molecule has 0 aliphatic heterocycles. The van der Waals surface area contributed by atoms with Gasteiger partial charge in [0.15, 0.2) is 5.12 Å². The van der Waals surface area contributed by atoms with Gasteiger partial charge in [-0.2, -0.15) is 0 Å². The molecule has 0 unspecified atom stereocenters. The topological polar surface area (TPSA) is 17.1 Å². The lowest BCUT2D eigenvalue weighted by molar-refractivity contribution is -0.111. The largest absolute Gasteiger partial charge is 0.287 e. The van der Waals surface area contributed by atoms with Gasteiger partial charge < -0.3 is 0 Å². The monoisotopic (exact) mass is 173 g/mol. The zero-order valence-electron chi connectivity index (χ0n) is 7.27. The molecule has 0 N–H and O–H groups in total. The fraction of sp³-hybridized carbons (Fsp3) is 0.778. The summed E-state index contributed by atoms with van der Waals surface area (Å²) in [6.45, 7) is 5.83. The molecule has 0 fully saturated rings. The molecule has 1 nitrogen and oxygen atoms in total. The Hall–Kier alpha value is 0.0200. The molecular formula is C9H17OS. The van der Waals surface area contributed by atoms with E-state index in [0.29, 0.717) is 5.12 Å². The van der Waals surface area contributed by atoms with E-state index in [2.05, 4.69) is 13.8 Å². The average Bonchev–Trinajstić information content (AvgIpc) is 2.01. The molecule has 0 aromatic rings. The maximum Gasteiger partial charge on any atom is 0.188 e. The minimum atomic E-state index is 0.335. The van der Waals surface area contributed by atoms with Crippen LogP contribution in [-0.4, -0.2) is 10.9 Å². The van der Waals surface area contributed by atoms with E-state index in [0.717, 1.165) is 25.0 Å². The van der Waals surface area contributed by atoms with Crippen molar-refractivity contribution in [2.24, 2.45) is 0 Å². The van der Waals surface area contributed by atoms with Gasteiger partial charge >= 0.3 is 0 Å². The summed E-state index contributed by atoms with van der Waals surface area (Å²) in [7, 11) is 0. The van der Waals surface area contributed by atoms with Crippen molar-refractivity contribution < 1.29 is 4.79 Å². The maximum atomic E-state index is 11.0. The predicted molar refractivity (Wildman–Crippen MR) is 51.6 cm³/mol. The quantitative estimate of drug-likeness (QED) is 0.574. The van der Waals surface area contributed by atoms with Crippen LogP contribution >= 0.6 is 11.8 Å². The molecule has 0 aliphatic rings. The molecule has 2 heteroatoms. The van der Waals surface area contributed by atoms with Gasteiger partial charge in [-0.1, -0.05) is 38.5 Å². The number of carbonyl (C=O) groups is 1. The van der Waals surface area contributed by atoms with Crippen molar-refractivity contribution in [3.63, 3.8) is 0 Å². The molecule has 11 heavy (non-hydrogen) atoms. The summed E-state index contributed by atoms with van der Waals surface area (Å²) in [5, 5.41) is 0.335. The molecule has 0 aromatic carbocycles. The minimum absolute atomic E-state index is 0.335. The van der Waals surface area contributed by atoms with Crippen molar-refractivity contribution in [1.82, 2.24) is 0 Å². The summed E-state index contributed by atoms with van der Waals surface area (Å²) in [6.07, 6.45) is 5.02. The fourth-order valence-electron chi connectivity index (χ4n) is 0.778. The van der Waals surface area contributed by atoms with Crippen LogP contribution in [0.2, 0.25) is 0 Å². The normalized spacial score (nSPS) is 10.0. The molecule has 0 aromatic heterocycles. The van der Waals surface area contributed by atoms with Gasteiger partial charge in [-0.25, -0.2) is 0 Å². The summed E-state index contributed by atoms with van der Waals surface area (Å²) in [6, 6.07) is 0. The van der Waals surface area contributed by atoms with Crippen molar-refractivity contribution in [3.05, 3.63) is 6.92 Å². The average molecular weight is 173 g/mol. The van der Waals surface area contributed by atoms with Gasteiger partial charge in [0.2, 0.25) is 0 Å². The van der Waals surface area contributed by atoms with Crippen LogP contribution in [-0.2, 0) is 4.79 Å².